The molecular formula is C17H17N3O4S. The first kappa shape index (κ1) is 18.4. The van der Waals surface area contributed by atoms with Gasteiger partial charge in [-0.05, 0) is 28.5 Å². The van der Waals surface area contributed by atoms with E-state index in [0.29, 0.717) is 10.6 Å². The molecule has 1 heterocycles. The third-order valence-electron chi connectivity index (χ3n) is 3.58. The number of hydrogen-bond acceptors (Lipinski definition) is 6. The molecule has 0 saturated carbocycles. The number of methoxy groups -OCH3 is 1. The molecule has 0 aliphatic heterocycles. The molecule has 1 N–H and O–H groups in total. The number of carbonyl (C=O) groups is 1. The second kappa shape index (κ2) is 6.91. The maximum atomic E-state index is 12.4. The summed E-state index contributed by atoms with van der Waals surface area (Å²) in [5.41, 5.74) is 0.841. The van der Waals surface area contributed by atoms with Gasteiger partial charge < -0.3 is 10.1 Å². The fourth-order valence-electron chi connectivity index (χ4n) is 2.26. The molecule has 2 aromatic rings. The highest BCUT2D eigenvalue weighted by atomic mass is 32.1. The molecule has 0 aliphatic rings. The highest BCUT2D eigenvalue weighted by Crippen LogP contribution is 2.36. The molecule has 8 heteroatoms. The number of carbonyl (C=O) groups excluding carboxylic acids is 1. The van der Waals surface area contributed by atoms with E-state index in [1.165, 1.54) is 30.6 Å². The van der Waals surface area contributed by atoms with Gasteiger partial charge in [0.05, 0.1) is 17.6 Å². The molecule has 0 unspecified atom stereocenters. The molecule has 1 aromatic carbocycles. The number of nitro groups is 1. The van der Waals surface area contributed by atoms with Crippen molar-refractivity contribution in [2.45, 2.75) is 26.2 Å². The number of benzene rings is 1. The number of hydrogen-bond donors (Lipinski definition) is 1. The number of anilines is 1. The minimum absolute atomic E-state index is 0.0745. The number of nitriles is 1. The van der Waals surface area contributed by atoms with Crippen molar-refractivity contribution in [3.8, 4) is 11.8 Å². The summed E-state index contributed by atoms with van der Waals surface area (Å²) in [7, 11) is 1.32. The van der Waals surface area contributed by atoms with Crippen LogP contribution in [-0.2, 0) is 5.41 Å². The molecule has 130 valence electrons. The van der Waals surface area contributed by atoms with E-state index in [-0.39, 0.29) is 22.4 Å². The lowest BCUT2D eigenvalue weighted by atomic mass is 9.86. The first-order valence-corrected chi connectivity index (χ1v) is 8.23. The number of nitrogens with one attached hydrogen (secondary N) is 1. The Labute approximate surface area is 149 Å². The Kier molecular flexibility index (Phi) is 5.09. The SMILES string of the molecule is COc1ccc(C(=O)Nc2scc(C(C)(C)C)c2C#N)cc1[N+](=O)[O-]. The topological polar surface area (TPSA) is 105 Å². The zero-order valence-electron chi connectivity index (χ0n) is 14.2. The van der Waals surface area contributed by atoms with Crippen molar-refractivity contribution in [1.29, 1.82) is 5.26 Å². The Bertz CT molecular complexity index is 875. The molecule has 0 bridgehead atoms. The normalized spacial score (nSPS) is 10.8. The Balaban J connectivity index is 2.36. The standard InChI is InChI=1S/C17H17N3O4S/c1-17(2,3)12-9-25-16(11(12)8-18)19-15(21)10-5-6-14(24-4)13(7-10)20(22)23/h5-7,9H,1-4H3,(H,19,21). The average molecular weight is 359 g/mol. The van der Waals surface area contributed by atoms with E-state index >= 15 is 0 Å². The fraction of sp³-hybridized carbons (Fsp3) is 0.294. The second-order valence-electron chi connectivity index (χ2n) is 6.31. The monoisotopic (exact) mass is 359 g/mol. The van der Waals surface area contributed by atoms with E-state index < -0.39 is 10.8 Å². The third kappa shape index (κ3) is 3.78. The zero-order valence-corrected chi connectivity index (χ0v) is 15.1. The molecule has 2 rings (SSSR count). The van der Waals surface area contributed by atoms with Crippen molar-refractivity contribution >= 4 is 27.9 Å². The summed E-state index contributed by atoms with van der Waals surface area (Å²) in [5.74, 6) is -0.449. The summed E-state index contributed by atoms with van der Waals surface area (Å²) in [6, 6.07) is 6.08. The summed E-state index contributed by atoms with van der Waals surface area (Å²) in [6.45, 7) is 5.94. The van der Waals surface area contributed by atoms with Crippen LogP contribution in [0.3, 0.4) is 0 Å². The predicted molar refractivity (Wildman–Crippen MR) is 95.3 cm³/mol. The van der Waals surface area contributed by atoms with E-state index in [1.54, 1.807) is 0 Å². The Hall–Kier alpha value is -2.92. The number of thiophene rings is 1. The highest BCUT2D eigenvalue weighted by molar-refractivity contribution is 7.14. The van der Waals surface area contributed by atoms with Gasteiger partial charge in [0, 0.05) is 11.6 Å². The van der Waals surface area contributed by atoms with E-state index in [1.807, 2.05) is 26.2 Å². The van der Waals surface area contributed by atoms with Crippen molar-refractivity contribution in [2.75, 3.05) is 12.4 Å². The molecule has 7 nitrogen and oxygen atoms in total. The van der Waals surface area contributed by atoms with Crippen LogP contribution >= 0.6 is 11.3 Å². The van der Waals surface area contributed by atoms with E-state index in [2.05, 4.69) is 11.4 Å². The highest BCUT2D eigenvalue weighted by Gasteiger charge is 2.24. The lowest BCUT2D eigenvalue weighted by Gasteiger charge is -2.17. The summed E-state index contributed by atoms with van der Waals surface area (Å²) in [6.07, 6.45) is 0. The van der Waals surface area contributed by atoms with Crippen molar-refractivity contribution < 1.29 is 14.5 Å². The smallest absolute Gasteiger partial charge is 0.311 e. The van der Waals surface area contributed by atoms with Crippen molar-refractivity contribution in [2.24, 2.45) is 0 Å². The van der Waals surface area contributed by atoms with Crippen LogP contribution in [0.4, 0.5) is 10.7 Å². The predicted octanol–water partition coefficient (Wildman–Crippen LogP) is 4.09. The Morgan fingerprint density at radius 3 is 2.60 bits per heavy atom. The van der Waals surface area contributed by atoms with Gasteiger partial charge in [-0.1, -0.05) is 20.8 Å². The van der Waals surface area contributed by atoms with Crippen LogP contribution in [0.1, 0.15) is 42.3 Å². The number of amides is 1. The number of nitro benzene ring substituents is 1. The lowest BCUT2D eigenvalue weighted by Crippen LogP contribution is -2.14. The molecule has 0 atom stereocenters. The van der Waals surface area contributed by atoms with Gasteiger partial charge in [-0.3, -0.25) is 14.9 Å². The van der Waals surface area contributed by atoms with Crippen LogP contribution in [0.5, 0.6) is 5.75 Å². The molecule has 0 saturated heterocycles. The molecule has 25 heavy (non-hydrogen) atoms. The maximum absolute atomic E-state index is 12.4. The summed E-state index contributed by atoms with van der Waals surface area (Å²) in [4.78, 5) is 22.9. The van der Waals surface area contributed by atoms with Crippen LogP contribution in [0.15, 0.2) is 23.6 Å². The Morgan fingerprint density at radius 1 is 1.40 bits per heavy atom. The first-order chi connectivity index (χ1) is 11.7. The van der Waals surface area contributed by atoms with Crippen molar-refractivity contribution in [1.82, 2.24) is 0 Å². The third-order valence-corrected chi connectivity index (χ3v) is 4.47. The quantitative estimate of drug-likeness (QED) is 0.654. The maximum Gasteiger partial charge on any atom is 0.311 e. The summed E-state index contributed by atoms with van der Waals surface area (Å²) in [5, 5.41) is 25.4. The first-order valence-electron chi connectivity index (χ1n) is 7.35. The Morgan fingerprint density at radius 2 is 2.08 bits per heavy atom. The molecule has 1 aromatic heterocycles. The van der Waals surface area contributed by atoms with Gasteiger partial charge in [-0.2, -0.15) is 5.26 Å². The molecule has 1 amide bonds. The van der Waals surface area contributed by atoms with Crippen LogP contribution in [-0.4, -0.2) is 17.9 Å². The summed E-state index contributed by atoms with van der Waals surface area (Å²) < 4.78 is 4.92. The molecule has 0 radical (unpaired) electrons. The van der Waals surface area contributed by atoms with Gasteiger partial charge in [0.2, 0.25) is 0 Å². The van der Waals surface area contributed by atoms with E-state index in [9.17, 15) is 20.2 Å². The van der Waals surface area contributed by atoms with Crippen LogP contribution in [0.25, 0.3) is 0 Å². The lowest BCUT2D eigenvalue weighted by molar-refractivity contribution is -0.385. The number of ether oxygens (including phenoxy) is 1. The van der Waals surface area contributed by atoms with Gasteiger partial charge in [0.15, 0.2) is 5.75 Å². The van der Waals surface area contributed by atoms with Gasteiger partial charge in [0.25, 0.3) is 5.91 Å². The van der Waals surface area contributed by atoms with E-state index in [4.69, 9.17) is 4.74 Å². The minimum atomic E-state index is -0.612. The van der Waals surface area contributed by atoms with Crippen molar-refractivity contribution in [3.05, 3.63) is 50.4 Å². The van der Waals surface area contributed by atoms with Gasteiger partial charge in [-0.15, -0.1) is 11.3 Å². The number of nitrogens with zero attached hydrogens (tertiary/aromatic N) is 2. The zero-order chi connectivity index (χ0) is 18.8. The van der Waals surface area contributed by atoms with Crippen LogP contribution in [0, 0.1) is 21.4 Å². The summed E-state index contributed by atoms with van der Waals surface area (Å²) >= 11 is 1.26. The molecule has 0 fully saturated rings. The molecule has 0 aliphatic carbocycles. The minimum Gasteiger partial charge on any atom is -0.490 e. The fourth-order valence-corrected chi connectivity index (χ4v) is 3.39. The van der Waals surface area contributed by atoms with Crippen molar-refractivity contribution in [3.63, 3.8) is 0 Å². The average Bonchev–Trinajstić information content (AvgIpc) is 2.96. The van der Waals surface area contributed by atoms with Gasteiger partial charge in [0.1, 0.15) is 11.1 Å². The van der Waals surface area contributed by atoms with Gasteiger partial charge in [-0.25, -0.2) is 0 Å². The molecule has 0 spiro atoms. The van der Waals surface area contributed by atoms with E-state index in [0.717, 1.165) is 11.6 Å². The second-order valence-corrected chi connectivity index (χ2v) is 7.19. The largest absolute Gasteiger partial charge is 0.490 e. The molecular weight excluding hydrogens is 342 g/mol. The van der Waals surface area contributed by atoms with Crippen LogP contribution < -0.4 is 10.1 Å². The van der Waals surface area contributed by atoms with Crippen LogP contribution in [0.2, 0.25) is 0 Å². The number of rotatable bonds is 4. The van der Waals surface area contributed by atoms with Gasteiger partial charge >= 0.3 is 5.69 Å².